The van der Waals surface area contributed by atoms with Crippen LogP contribution < -0.4 is 23.9 Å². The van der Waals surface area contributed by atoms with E-state index < -0.39 is 12.0 Å². The van der Waals surface area contributed by atoms with Crippen molar-refractivity contribution in [1.29, 1.82) is 0 Å². The first-order valence-corrected chi connectivity index (χ1v) is 5.84. The second-order valence-electron chi connectivity index (χ2n) is 4.97. The van der Waals surface area contributed by atoms with E-state index in [-0.39, 0.29) is 31.4 Å². The predicted octanol–water partition coefficient (Wildman–Crippen LogP) is -3.36. The van der Waals surface area contributed by atoms with Gasteiger partial charge in [-0.25, -0.2) is 0 Å². The molecule has 0 rings (SSSR count). The Hall–Kier alpha value is -0.110. The molecule has 0 unspecified atom stereocenters. The summed E-state index contributed by atoms with van der Waals surface area (Å²) >= 11 is 0. The summed E-state index contributed by atoms with van der Waals surface area (Å²) in [5, 5.41) is 16.7. The molecule has 0 aliphatic rings. The number of aliphatic carboxylic acids is 1. The molecule has 0 saturated carbocycles. The van der Waals surface area contributed by atoms with Gasteiger partial charge in [-0.1, -0.05) is 6.42 Å². The normalized spacial score (nSPS) is 11.3. The van der Waals surface area contributed by atoms with Crippen LogP contribution in [-0.4, -0.2) is 67.5 Å². The molecular formula is C11H29Cl2N3O3. The Balaban J connectivity index is -0.000000112. The summed E-state index contributed by atoms with van der Waals surface area (Å²) < 4.78 is 0.844. The minimum absolute atomic E-state index is 0. The van der Waals surface area contributed by atoms with Crippen molar-refractivity contribution < 1.29 is 31.9 Å². The molecule has 0 fully saturated rings. The number of carbonyl (C=O) groups is 1. The maximum absolute atomic E-state index is 10.1. The molecule has 0 aromatic carbocycles. The number of halogens is 2. The molecule has 0 heterocycles. The van der Waals surface area contributed by atoms with Crippen LogP contribution in [0.4, 0.5) is 0 Å². The van der Waals surface area contributed by atoms with Crippen LogP contribution in [0.1, 0.15) is 19.3 Å². The molecule has 120 valence electrons. The Labute approximate surface area is 128 Å². The van der Waals surface area contributed by atoms with Crippen molar-refractivity contribution in [2.24, 2.45) is 11.5 Å². The van der Waals surface area contributed by atoms with Crippen molar-refractivity contribution in [3.63, 3.8) is 0 Å². The van der Waals surface area contributed by atoms with Crippen molar-refractivity contribution in [1.82, 2.24) is 0 Å². The van der Waals surface area contributed by atoms with E-state index in [1.165, 1.54) is 0 Å². The number of aliphatic hydroxyl groups is 1. The lowest BCUT2D eigenvalue weighted by Crippen LogP contribution is -3.00. The van der Waals surface area contributed by atoms with Crippen LogP contribution in [0.15, 0.2) is 0 Å². The zero-order chi connectivity index (χ0) is 13.9. The van der Waals surface area contributed by atoms with E-state index in [4.69, 9.17) is 21.7 Å². The van der Waals surface area contributed by atoms with Crippen LogP contribution >= 0.6 is 12.4 Å². The van der Waals surface area contributed by atoms with Crippen LogP contribution in [0.2, 0.25) is 0 Å². The quantitative estimate of drug-likeness (QED) is 0.289. The molecule has 0 saturated heterocycles. The van der Waals surface area contributed by atoms with Crippen LogP contribution in [0.5, 0.6) is 0 Å². The number of hydrogen-bond donors (Lipinski definition) is 4. The molecule has 6 N–H and O–H groups in total. The molecule has 0 amide bonds. The predicted molar refractivity (Wildman–Crippen MR) is 75.7 cm³/mol. The summed E-state index contributed by atoms with van der Waals surface area (Å²) in [6, 6.07) is -0.716. The second-order valence-corrected chi connectivity index (χ2v) is 4.97. The van der Waals surface area contributed by atoms with E-state index in [9.17, 15) is 4.79 Å². The van der Waals surface area contributed by atoms with Gasteiger partial charge in [0.05, 0.1) is 27.7 Å². The average molecular weight is 322 g/mol. The van der Waals surface area contributed by atoms with Crippen LogP contribution in [-0.2, 0) is 4.79 Å². The monoisotopic (exact) mass is 321 g/mol. The highest BCUT2D eigenvalue weighted by molar-refractivity contribution is 5.85. The summed E-state index contributed by atoms with van der Waals surface area (Å²) in [6.07, 6.45) is 2.16. The fraction of sp³-hybridized carbons (Fsp3) is 0.909. The fourth-order valence-corrected chi connectivity index (χ4v) is 0.932. The lowest BCUT2D eigenvalue weighted by molar-refractivity contribution is -0.870. The first-order chi connectivity index (χ1) is 7.74. The van der Waals surface area contributed by atoms with Gasteiger partial charge in [0.15, 0.2) is 0 Å². The third-order valence-corrected chi connectivity index (χ3v) is 2.06. The zero-order valence-electron chi connectivity index (χ0n) is 12.0. The van der Waals surface area contributed by atoms with Crippen LogP contribution in [0.3, 0.4) is 0 Å². The van der Waals surface area contributed by atoms with Gasteiger partial charge in [-0.3, -0.25) is 4.79 Å². The highest BCUT2D eigenvalue weighted by atomic mass is 35.5. The first-order valence-electron chi connectivity index (χ1n) is 5.84. The minimum Gasteiger partial charge on any atom is -1.00 e. The van der Waals surface area contributed by atoms with Crippen molar-refractivity contribution in [2.75, 3.05) is 40.8 Å². The number of unbranched alkanes of at least 4 members (excludes halogenated alkanes) is 1. The Bertz CT molecular complexity index is 202. The van der Waals surface area contributed by atoms with E-state index in [0.29, 0.717) is 13.0 Å². The number of hydrogen-bond acceptors (Lipinski definition) is 4. The molecule has 1 atom stereocenters. The van der Waals surface area contributed by atoms with Gasteiger partial charge in [-0.05, 0) is 19.4 Å². The Kier molecular flexibility index (Phi) is 22.9. The van der Waals surface area contributed by atoms with Gasteiger partial charge in [0.25, 0.3) is 0 Å². The molecule has 0 aromatic heterocycles. The standard InChI is InChI=1S/C6H14N2O2.C5H14NO.2ClH/c7-4-2-1-3-5(8)6(9)10;1-6(2,3)4-5-7;;/h5H,1-4,7-8H2,(H,9,10);7H,4-5H2,1-3H3;2*1H/q;+1;;/p-1/t5-;;;/m0.../s1. The Morgan fingerprint density at radius 3 is 1.95 bits per heavy atom. The van der Waals surface area contributed by atoms with Crippen LogP contribution in [0.25, 0.3) is 0 Å². The number of aliphatic hydroxyl groups excluding tert-OH is 1. The lowest BCUT2D eigenvalue weighted by Gasteiger charge is -2.21. The van der Waals surface area contributed by atoms with Gasteiger partial charge >= 0.3 is 5.97 Å². The number of carboxylic acid groups (broad SMARTS) is 1. The molecule has 0 spiro atoms. The van der Waals surface area contributed by atoms with E-state index in [1.807, 2.05) is 0 Å². The SMILES string of the molecule is C[N+](C)(C)CCO.Cl.NCCCC[C@H](N)C(=O)O.[Cl-]. The maximum atomic E-state index is 10.1. The number of likely N-dealkylation sites (N-methyl/N-ethyl adjacent to an activating group) is 1. The number of nitrogens with two attached hydrogens (primary N) is 2. The van der Waals surface area contributed by atoms with Gasteiger partial charge < -0.3 is 38.6 Å². The molecule has 0 radical (unpaired) electrons. The third kappa shape index (κ3) is 27.2. The molecule has 0 aliphatic carbocycles. The van der Waals surface area contributed by atoms with Gasteiger partial charge in [0.1, 0.15) is 12.6 Å². The highest BCUT2D eigenvalue weighted by Crippen LogP contribution is 1.96. The number of rotatable bonds is 7. The fourth-order valence-electron chi connectivity index (χ4n) is 0.932. The van der Waals surface area contributed by atoms with Gasteiger partial charge in [-0.15, -0.1) is 12.4 Å². The third-order valence-electron chi connectivity index (χ3n) is 2.06. The molecule has 19 heavy (non-hydrogen) atoms. The second kappa shape index (κ2) is 15.9. The van der Waals surface area contributed by atoms with Crippen molar-refractivity contribution in [3.8, 4) is 0 Å². The molecule has 0 aromatic rings. The average Bonchev–Trinajstić information content (AvgIpc) is 2.16. The Morgan fingerprint density at radius 1 is 1.26 bits per heavy atom. The van der Waals surface area contributed by atoms with Crippen molar-refractivity contribution in [2.45, 2.75) is 25.3 Å². The summed E-state index contributed by atoms with van der Waals surface area (Å²) in [4.78, 5) is 10.1. The van der Waals surface area contributed by atoms with E-state index in [2.05, 4.69) is 21.1 Å². The topological polar surface area (TPSA) is 110 Å². The number of carboxylic acids is 1. The molecule has 8 heteroatoms. The smallest absolute Gasteiger partial charge is 0.320 e. The molecule has 6 nitrogen and oxygen atoms in total. The number of nitrogens with zero attached hydrogens (tertiary/aromatic N) is 1. The summed E-state index contributed by atoms with van der Waals surface area (Å²) in [6.45, 7) is 1.72. The van der Waals surface area contributed by atoms with Crippen LogP contribution in [0, 0.1) is 0 Å². The number of quaternary nitrogens is 1. The van der Waals surface area contributed by atoms with Gasteiger partial charge in [0.2, 0.25) is 0 Å². The highest BCUT2D eigenvalue weighted by Gasteiger charge is 2.09. The first kappa shape index (κ1) is 27.3. The van der Waals surface area contributed by atoms with Crippen molar-refractivity contribution in [3.05, 3.63) is 0 Å². The maximum Gasteiger partial charge on any atom is 0.320 e. The zero-order valence-corrected chi connectivity index (χ0v) is 13.6. The lowest BCUT2D eigenvalue weighted by atomic mass is 10.1. The van der Waals surface area contributed by atoms with E-state index in [1.54, 1.807) is 0 Å². The van der Waals surface area contributed by atoms with Gasteiger partial charge in [-0.2, -0.15) is 0 Å². The summed E-state index contributed by atoms with van der Waals surface area (Å²) in [5.74, 6) is -0.933. The Morgan fingerprint density at radius 2 is 1.74 bits per heavy atom. The largest absolute Gasteiger partial charge is 1.00 e. The van der Waals surface area contributed by atoms with Crippen molar-refractivity contribution >= 4 is 18.4 Å². The molecular weight excluding hydrogens is 293 g/mol. The molecule has 0 bridgehead atoms. The summed E-state index contributed by atoms with van der Waals surface area (Å²) in [7, 11) is 6.16. The van der Waals surface area contributed by atoms with Gasteiger partial charge in [0, 0.05) is 0 Å². The van der Waals surface area contributed by atoms with E-state index in [0.717, 1.165) is 23.9 Å². The minimum atomic E-state index is -0.933. The molecule has 0 aliphatic heterocycles. The summed E-state index contributed by atoms with van der Waals surface area (Å²) in [5.41, 5.74) is 10.4. The van der Waals surface area contributed by atoms with E-state index >= 15 is 0 Å².